The van der Waals surface area contributed by atoms with Gasteiger partial charge in [-0.1, -0.05) is 6.07 Å². The smallest absolute Gasteiger partial charge is 0.0513 e. The summed E-state index contributed by atoms with van der Waals surface area (Å²) in [6.45, 7) is 1.75. The van der Waals surface area contributed by atoms with Crippen LogP contribution in [0.2, 0.25) is 0 Å². The molecule has 2 unspecified atom stereocenters. The maximum atomic E-state index is 5.40. The molecule has 3 heteroatoms. The summed E-state index contributed by atoms with van der Waals surface area (Å²) in [6, 6.07) is 4.48. The Hall–Kier alpha value is -0.930. The van der Waals surface area contributed by atoms with Gasteiger partial charge in [-0.3, -0.25) is 4.98 Å². The van der Waals surface area contributed by atoms with Crippen LogP contribution in [0, 0.1) is 5.92 Å². The highest BCUT2D eigenvalue weighted by molar-refractivity contribution is 5.15. The van der Waals surface area contributed by atoms with Crippen LogP contribution in [0.5, 0.6) is 0 Å². The number of pyridine rings is 1. The van der Waals surface area contributed by atoms with Gasteiger partial charge in [0.25, 0.3) is 0 Å². The first-order valence-corrected chi connectivity index (χ1v) is 5.06. The SMILES string of the molecule is CNC(c1cccnc1)C1CCOC1. The van der Waals surface area contributed by atoms with Crippen LogP contribution in [0.4, 0.5) is 0 Å². The van der Waals surface area contributed by atoms with Crippen molar-refractivity contribution in [3.05, 3.63) is 30.1 Å². The molecule has 1 aromatic rings. The van der Waals surface area contributed by atoms with Crippen molar-refractivity contribution in [1.82, 2.24) is 10.3 Å². The average molecular weight is 192 g/mol. The summed E-state index contributed by atoms with van der Waals surface area (Å²) < 4.78 is 5.40. The van der Waals surface area contributed by atoms with E-state index in [9.17, 15) is 0 Å². The van der Waals surface area contributed by atoms with Crippen LogP contribution >= 0.6 is 0 Å². The number of rotatable bonds is 3. The molecule has 0 aromatic carbocycles. The molecule has 1 aliphatic heterocycles. The van der Waals surface area contributed by atoms with Crippen LogP contribution < -0.4 is 5.32 Å². The van der Waals surface area contributed by atoms with E-state index in [0.717, 1.165) is 19.6 Å². The lowest BCUT2D eigenvalue weighted by Gasteiger charge is -2.21. The molecule has 1 aliphatic rings. The minimum Gasteiger partial charge on any atom is -0.381 e. The Bertz CT molecular complexity index is 270. The molecule has 1 saturated heterocycles. The molecule has 0 saturated carbocycles. The standard InChI is InChI=1S/C11H16N2O/c1-12-11(10-4-6-14-8-10)9-3-2-5-13-7-9/h2-3,5,7,10-12H,4,6,8H2,1H3. The second kappa shape index (κ2) is 4.53. The monoisotopic (exact) mass is 192 g/mol. The first-order chi connectivity index (χ1) is 6.92. The molecule has 0 amide bonds. The van der Waals surface area contributed by atoms with E-state index in [-0.39, 0.29) is 0 Å². The molecule has 1 aromatic heterocycles. The first-order valence-electron chi connectivity index (χ1n) is 5.06. The molecule has 2 heterocycles. The van der Waals surface area contributed by atoms with E-state index in [1.807, 2.05) is 19.3 Å². The third-order valence-corrected chi connectivity index (χ3v) is 2.79. The second-order valence-corrected chi connectivity index (χ2v) is 3.68. The van der Waals surface area contributed by atoms with Gasteiger partial charge in [-0.25, -0.2) is 0 Å². The molecular formula is C11H16N2O. The van der Waals surface area contributed by atoms with Crippen LogP contribution in [-0.4, -0.2) is 25.2 Å². The van der Waals surface area contributed by atoms with Gasteiger partial charge < -0.3 is 10.1 Å². The summed E-state index contributed by atoms with van der Waals surface area (Å²) in [6.07, 6.45) is 4.88. The molecule has 0 radical (unpaired) electrons. The fourth-order valence-electron chi connectivity index (χ4n) is 2.05. The largest absolute Gasteiger partial charge is 0.381 e. The minimum absolute atomic E-state index is 0.381. The van der Waals surface area contributed by atoms with Gasteiger partial charge in [0.2, 0.25) is 0 Å². The molecular weight excluding hydrogens is 176 g/mol. The van der Waals surface area contributed by atoms with Crippen LogP contribution in [0.15, 0.2) is 24.5 Å². The van der Waals surface area contributed by atoms with Crippen molar-refractivity contribution >= 4 is 0 Å². The van der Waals surface area contributed by atoms with Crippen molar-refractivity contribution < 1.29 is 4.74 Å². The number of ether oxygens (including phenoxy) is 1. The van der Waals surface area contributed by atoms with Gasteiger partial charge in [0.05, 0.1) is 6.61 Å². The lowest BCUT2D eigenvalue weighted by Crippen LogP contribution is -2.25. The Labute approximate surface area is 84.5 Å². The molecule has 1 N–H and O–H groups in total. The van der Waals surface area contributed by atoms with Crippen molar-refractivity contribution in [1.29, 1.82) is 0 Å². The molecule has 14 heavy (non-hydrogen) atoms. The van der Waals surface area contributed by atoms with E-state index in [4.69, 9.17) is 4.74 Å². The predicted molar refractivity (Wildman–Crippen MR) is 55.0 cm³/mol. The van der Waals surface area contributed by atoms with Gasteiger partial charge in [0, 0.05) is 31.0 Å². The Balaban J connectivity index is 2.12. The summed E-state index contributed by atoms with van der Waals surface area (Å²) in [5, 5.41) is 3.34. The summed E-state index contributed by atoms with van der Waals surface area (Å²) >= 11 is 0. The number of nitrogens with one attached hydrogen (secondary N) is 1. The van der Waals surface area contributed by atoms with E-state index in [1.165, 1.54) is 5.56 Å². The highest BCUT2D eigenvalue weighted by Gasteiger charge is 2.25. The van der Waals surface area contributed by atoms with Crippen molar-refractivity contribution in [3.8, 4) is 0 Å². The zero-order valence-electron chi connectivity index (χ0n) is 8.44. The molecule has 2 atom stereocenters. The van der Waals surface area contributed by atoms with Crippen LogP contribution in [0.1, 0.15) is 18.0 Å². The minimum atomic E-state index is 0.381. The molecule has 3 nitrogen and oxygen atoms in total. The van der Waals surface area contributed by atoms with Gasteiger partial charge in [-0.05, 0) is 25.1 Å². The highest BCUT2D eigenvalue weighted by Crippen LogP contribution is 2.27. The summed E-state index contributed by atoms with van der Waals surface area (Å²) in [5.41, 5.74) is 1.26. The van der Waals surface area contributed by atoms with E-state index >= 15 is 0 Å². The van der Waals surface area contributed by atoms with Gasteiger partial charge in [0.15, 0.2) is 0 Å². The fourth-order valence-corrected chi connectivity index (χ4v) is 2.05. The van der Waals surface area contributed by atoms with E-state index < -0.39 is 0 Å². The van der Waals surface area contributed by atoms with E-state index in [0.29, 0.717) is 12.0 Å². The van der Waals surface area contributed by atoms with Crippen LogP contribution in [0.25, 0.3) is 0 Å². The van der Waals surface area contributed by atoms with Gasteiger partial charge >= 0.3 is 0 Å². The third-order valence-electron chi connectivity index (χ3n) is 2.79. The Kier molecular flexibility index (Phi) is 3.11. The molecule has 0 aliphatic carbocycles. The van der Waals surface area contributed by atoms with Crippen molar-refractivity contribution in [2.75, 3.05) is 20.3 Å². The number of aromatic nitrogens is 1. The number of hydrogen-bond donors (Lipinski definition) is 1. The highest BCUT2D eigenvalue weighted by atomic mass is 16.5. The average Bonchev–Trinajstić information content (AvgIpc) is 2.74. The summed E-state index contributed by atoms with van der Waals surface area (Å²) in [7, 11) is 2.00. The lowest BCUT2D eigenvalue weighted by molar-refractivity contribution is 0.177. The normalized spacial score (nSPS) is 23.6. The van der Waals surface area contributed by atoms with Gasteiger partial charge in [-0.2, -0.15) is 0 Å². The van der Waals surface area contributed by atoms with E-state index in [1.54, 1.807) is 6.20 Å². The molecule has 2 rings (SSSR count). The maximum absolute atomic E-state index is 5.40. The maximum Gasteiger partial charge on any atom is 0.0513 e. The summed E-state index contributed by atoms with van der Waals surface area (Å²) in [5.74, 6) is 0.587. The topological polar surface area (TPSA) is 34.2 Å². The van der Waals surface area contributed by atoms with E-state index in [2.05, 4.69) is 16.4 Å². The molecule has 1 fully saturated rings. The predicted octanol–water partition coefficient (Wildman–Crippen LogP) is 1.38. The third kappa shape index (κ3) is 1.94. The Morgan fingerprint density at radius 3 is 3.14 bits per heavy atom. The van der Waals surface area contributed by atoms with Crippen molar-refractivity contribution in [3.63, 3.8) is 0 Å². The number of nitrogens with zero attached hydrogens (tertiary/aromatic N) is 1. The Morgan fingerprint density at radius 2 is 2.57 bits per heavy atom. The van der Waals surface area contributed by atoms with Crippen LogP contribution in [0.3, 0.4) is 0 Å². The quantitative estimate of drug-likeness (QED) is 0.785. The molecule has 0 bridgehead atoms. The van der Waals surface area contributed by atoms with Gasteiger partial charge in [0.1, 0.15) is 0 Å². The molecule has 0 spiro atoms. The second-order valence-electron chi connectivity index (χ2n) is 3.68. The Morgan fingerprint density at radius 1 is 1.64 bits per heavy atom. The zero-order chi connectivity index (χ0) is 9.80. The first kappa shape index (κ1) is 9.62. The summed E-state index contributed by atoms with van der Waals surface area (Å²) in [4.78, 5) is 4.14. The van der Waals surface area contributed by atoms with Crippen molar-refractivity contribution in [2.24, 2.45) is 5.92 Å². The van der Waals surface area contributed by atoms with Crippen molar-refractivity contribution in [2.45, 2.75) is 12.5 Å². The lowest BCUT2D eigenvalue weighted by atomic mass is 9.94. The fraction of sp³-hybridized carbons (Fsp3) is 0.545. The van der Waals surface area contributed by atoms with Crippen LogP contribution in [-0.2, 0) is 4.74 Å². The molecule has 76 valence electrons. The van der Waals surface area contributed by atoms with Gasteiger partial charge in [-0.15, -0.1) is 0 Å². The zero-order valence-corrected chi connectivity index (χ0v) is 8.44. The number of hydrogen-bond acceptors (Lipinski definition) is 3.